The zero-order valence-corrected chi connectivity index (χ0v) is 11.3. The van der Waals surface area contributed by atoms with E-state index in [9.17, 15) is 9.18 Å². The first-order chi connectivity index (χ1) is 10.2. The van der Waals surface area contributed by atoms with E-state index in [-0.39, 0.29) is 18.3 Å². The van der Waals surface area contributed by atoms with Gasteiger partial charge in [-0.1, -0.05) is 12.1 Å². The van der Waals surface area contributed by atoms with Crippen LogP contribution in [0, 0.1) is 17.1 Å². The van der Waals surface area contributed by atoms with Gasteiger partial charge in [-0.2, -0.15) is 5.26 Å². The van der Waals surface area contributed by atoms with Crippen LogP contribution in [0.5, 0.6) is 0 Å². The second-order valence-corrected chi connectivity index (χ2v) is 4.44. The van der Waals surface area contributed by atoms with Crippen molar-refractivity contribution in [2.45, 2.75) is 6.42 Å². The van der Waals surface area contributed by atoms with Crippen molar-refractivity contribution < 1.29 is 9.18 Å². The van der Waals surface area contributed by atoms with Crippen LogP contribution >= 0.6 is 0 Å². The maximum Gasteiger partial charge on any atom is 0.243 e. The molecule has 0 bridgehead atoms. The first kappa shape index (κ1) is 14.5. The molecule has 1 amide bonds. The van der Waals surface area contributed by atoms with Gasteiger partial charge in [0.15, 0.2) is 0 Å². The molecule has 0 aliphatic carbocycles. The Kier molecular flexibility index (Phi) is 4.89. The molecule has 5 heteroatoms. The zero-order chi connectivity index (χ0) is 15.1. The number of nitrogens with one attached hydrogen (secondary N) is 2. The average molecular weight is 283 g/mol. The van der Waals surface area contributed by atoms with Gasteiger partial charge in [0.25, 0.3) is 0 Å². The van der Waals surface area contributed by atoms with Gasteiger partial charge >= 0.3 is 0 Å². The Labute approximate surface area is 122 Å². The summed E-state index contributed by atoms with van der Waals surface area (Å²) in [6.07, 6.45) is 0.348. The second kappa shape index (κ2) is 7.06. The van der Waals surface area contributed by atoms with Crippen molar-refractivity contribution in [2.75, 3.05) is 17.2 Å². The van der Waals surface area contributed by atoms with Crippen LogP contribution in [-0.4, -0.2) is 12.5 Å². The van der Waals surface area contributed by atoms with Crippen LogP contribution in [0.2, 0.25) is 0 Å². The van der Waals surface area contributed by atoms with Crippen LogP contribution in [0.1, 0.15) is 5.56 Å². The standard InChI is InChI=1S/C16H14FN3O/c17-13-3-7-14(8-4-13)19-11-16(21)20-15-5-1-12(2-6-15)9-10-18/h1-8,19H,9,11H2,(H,20,21). The molecule has 0 atom stereocenters. The van der Waals surface area contributed by atoms with Crippen molar-refractivity contribution in [3.05, 3.63) is 59.9 Å². The van der Waals surface area contributed by atoms with Gasteiger partial charge in [-0.05, 0) is 42.0 Å². The van der Waals surface area contributed by atoms with Crippen LogP contribution in [0.25, 0.3) is 0 Å². The highest BCUT2D eigenvalue weighted by Crippen LogP contribution is 2.11. The number of carbonyl (C=O) groups excluding carboxylic acids is 1. The summed E-state index contributed by atoms with van der Waals surface area (Å²) in [6.45, 7) is 0.0889. The van der Waals surface area contributed by atoms with Crippen LogP contribution in [0.3, 0.4) is 0 Å². The minimum atomic E-state index is -0.317. The third kappa shape index (κ3) is 4.62. The summed E-state index contributed by atoms with van der Waals surface area (Å²) in [5.41, 5.74) is 2.25. The van der Waals surface area contributed by atoms with Gasteiger partial charge in [0, 0.05) is 11.4 Å². The largest absolute Gasteiger partial charge is 0.376 e. The lowest BCUT2D eigenvalue weighted by Gasteiger charge is -2.08. The zero-order valence-electron chi connectivity index (χ0n) is 11.3. The highest BCUT2D eigenvalue weighted by molar-refractivity contribution is 5.93. The second-order valence-electron chi connectivity index (χ2n) is 4.44. The maximum atomic E-state index is 12.7. The molecule has 0 saturated heterocycles. The van der Waals surface area contributed by atoms with E-state index in [1.54, 1.807) is 36.4 Å². The Morgan fingerprint density at radius 1 is 1.05 bits per heavy atom. The Morgan fingerprint density at radius 3 is 2.29 bits per heavy atom. The molecule has 106 valence electrons. The van der Waals surface area contributed by atoms with Gasteiger partial charge < -0.3 is 10.6 Å². The number of rotatable bonds is 5. The average Bonchev–Trinajstić information content (AvgIpc) is 2.49. The van der Waals surface area contributed by atoms with Crippen LogP contribution < -0.4 is 10.6 Å². The normalized spacial score (nSPS) is 9.71. The van der Waals surface area contributed by atoms with Gasteiger partial charge in [-0.25, -0.2) is 4.39 Å². The molecule has 0 aromatic heterocycles. The third-order valence-corrected chi connectivity index (χ3v) is 2.82. The number of amides is 1. The van der Waals surface area contributed by atoms with E-state index >= 15 is 0 Å². The molecule has 2 rings (SSSR count). The lowest BCUT2D eigenvalue weighted by Crippen LogP contribution is -2.21. The fraction of sp³-hybridized carbons (Fsp3) is 0.125. The molecule has 0 saturated carbocycles. The minimum Gasteiger partial charge on any atom is -0.376 e. The van der Waals surface area contributed by atoms with Crippen molar-refractivity contribution >= 4 is 17.3 Å². The quantitative estimate of drug-likeness (QED) is 0.886. The molecule has 0 heterocycles. The fourth-order valence-corrected chi connectivity index (χ4v) is 1.75. The summed E-state index contributed by atoms with van der Waals surface area (Å²) < 4.78 is 12.7. The van der Waals surface area contributed by atoms with E-state index in [2.05, 4.69) is 16.7 Å². The molecular formula is C16H14FN3O. The summed E-state index contributed by atoms with van der Waals surface area (Å²) in [4.78, 5) is 11.8. The number of hydrogen-bond donors (Lipinski definition) is 2. The summed E-state index contributed by atoms with van der Waals surface area (Å²) in [5, 5.41) is 14.2. The number of carbonyl (C=O) groups is 1. The monoisotopic (exact) mass is 283 g/mol. The van der Waals surface area contributed by atoms with Gasteiger partial charge in [0.1, 0.15) is 5.82 Å². The molecule has 0 aliphatic rings. The van der Waals surface area contributed by atoms with Gasteiger partial charge in [0.2, 0.25) is 5.91 Å². The minimum absolute atomic E-state index is 0.0889. The van der Waals surface area contributed by atoms with Crippen molar-refractivity contribution in [1.29, 1.82) is 5.26 Å². The Bertz CT molecular complexity index is 645. The van der Waals surface area contributed by atoms with Crippen molar-refractivity contribution in [3.8, 4) is 6.07 Å². The highest BCUT2D eigenvalue weighted by Gasteiger charge is 2.02. The number of hydrogen-bond acceptors (Lipinski definition) is 3. The Hall–Kier alpha value is -2.87. The topological polar surface area (TPSA) is 64.9 Å². The molecular weight excluding hydrogens is 269 g/mol. The molecule has 21 heavy (non-hydrogen) atoms. The number of nitriles is 1. The molecule has 0 fully saturated rings. The Morgan fingerprint density at radius 2 is 1.67 bits per heavy atom. The van der Waals surface area contributed by atoms with Crippen molar-refractivity contribution in [3.63, 3.8) is 0 Å². The first-order valence-electron chi connectivity index (χ1n) is 6.42. The van der Waals surface area contributed by atoms with E-state index < -0.39 is 0 Å². The van der Waals surface area contributed by atoms with E-state index in [0.717, 1.165) is 5.56 Å². The molecule has 4 nitrogen and oxygen atoms in total. The lowest BCUT2D eigenvalue weighted by atomic mass is 10.1. The maximum absolute atomic E-state index is 12.7. The van der Waals surface area contributed by atoms with Gasteiger partial charge in [0.05, 0.1) is 19.0 Å². The van der Waals surface area contributed by atoms with Gasteiger partial charge in [-0.3, -0.25) is 4.79 Å². The predicted molar refractivity (Wildman–Crippen MR) is 79.3 cm³/mol. The SMILES string of the molecule is N#CCc1ccc(NC(=O)CNc2ccc(F)cc2)cc1. The molecule has 0 radical (unpaired) electrons. The molecule has 2 N–H and O–H groups in total. The summed E-state index contributed by atoms with van der Waals surface area (Å²) in [5.74, 6) is -0.519. The molecule has 0 unspecified atom stereocenters. The summed E-state index contributed by atoms with van der Waals surface area (Å²) in [7, 11) is 0. The van der Waals surface area contributed by atoms with Crippen LogP contribution in [0.4, 0.5) is 15.8 Å². The van der Waals surface area contributed by atoms with Crippen molar-refractivity contribution in [1.82, 2.24) is 0 Å². The molecule has 2 aromatic rings. The van der Waals surface area contributed by atoms with E-state index in [1.165, 1.54) is 12.1 Å². The van der Waals surface area contributed by atoms with Crippen LogP contribution in [-0.2, 0) is 11.2 Å². The number of halogens is 1. The predicted octanol–water partition coefficient (Wildman–Crippen LogP) is 2.94. The molecule has 2 aromatic carbocycles. The smallest absolute Gasteiger partial charge is 0.243 e. The molecule has 0 aliphatic heterocycles. The van der Waals surface area contributed by atoms with Crippen molar-refractivity contribution in [2.24, 2.45) is 0 Å². The number of anilines is 2. The van der Waals surface area contributed by atoms with E-state index in [0.29, 0.717) is 17.8 Å². The first-order valence-corrected chi connectivity index (χ1v) is 6.42. The lowest BCUT2D eigenvalue weighted by molar-refractivity contribution is -0.114. The number of benzene rings is 2. The van der Waals surface area contributed by atoms with Crippen LogP contribution in [0.15, 0.2) is 48.5 Å². The summed E-state index contributed by atoms with van der Waals surface area (Å²) in [6, 6.07) is 15.0. The molecule has 0 spiro atoms. The Balaban J connectivity index is 1.84. The number of nitrogens with zero attached hydrogens (tertiary/aromatic N) is 1. The summed E-state index contributed by atoms with van der Waals surface area (Å²) >= 11 is 0. The fourth-order valence-electron chi connectivity index (χ4n) is 1.75. The highest BCUT2D eigenvalue weighted by atomic mass is 19.1. The van der Waals surface area contributed by atoms with E-state index in [4.69, 9.17) is 5.26 Å². The third-order valence-electron chi connectivity index (χ3n) is 2.82. The van der Waals surface area contributed by atoms with E-state index in [1.807, 2.05) is 0 Å². The van der Waals surface area contributed by atoms with Gasteiger partial charge in [-0.15, -0.1) is 0 Å².